The zero-order valence-electron chi connectivity index (χ0n) is 9.65. The predicted molar refractivity (Wildman–Crippen MR) is 56.3 cm³/mol. The Kier molecular flexibility index (Phi) is 3.24. The van der Waals surface area contributed by atoms with Crippen LogP contribution in [-0.4, -0.2) is 18.5 Å². The minimum absolute atomic E-state index is 0.494. The molecule has 1 aliphatic rings. The summed E-state index contributed by atoms with van der Waals surface area (Å²) < 4.78 is 67.9. The minimum Gasteiger partial charge on any atom is -0.339 e. The third-order valence-electron chi connectivity index (χ3n) is 3.26. The molecule has 7 heteroatoms. The summed E-state index contributed by atoms with van der Waals surface area (Å²) in [6.45, 7) is -1.73. The predicted octanol–water partition coefficient (Wildman–Crippen LogP) is 2.67. The van der Waals surface area contributed by atoms with Crippen molar-refractivity contribution in [2.45, 2.75) is 24.3 Å². The topological polar surface area (TPSA) is 29.1 Å². The Bertz CT molecular complexity index is 519. The molecule has 2 nitrogen and oxygen atoms in total. The first-order valence-electron chi connectivity index (χ1n) is 5.53. The van der Waals surface area contributed by atoms with Gasteiger partial charge in [0.2, 0.25) is 5.91 Å². The van der Waals surface area contributed by atoms with Crippen LogP contribution in [0.5, 0.6) is 0 Å². The van der Waals surface area contributed by atoms with Crippen molar-refractivity contribution in [1.82, 2.24) is 5.32 Å². The fraction of sp³-hybridized carbons (Fsp3) is 0.417. The number of alkyl halides is 3. The highest BCUT2D eigenvalue weighted by molar-refractivity contribution is 5.78. The largest absolute Gasteiger partial charge is 0.339 e. The van der Waals surface area contributed by atoms with E-state index in [4.69, 9.17) is 0 Å². The number of nitrogens with one attached hydrogen (secondary N) is 1. The molecule has 0 aliphatic carbocycles. The maximum Gasteiger partial charge on any atom is 0.278 e. The minimum atomic E-state index is -3.70. The molecule has 1 atom stereocenters. The van der Waals surface area contributed by atoms with Crippen LogP contribution in [0.2, 0.25) is 0 Å². The van der Waals surface area contributed by atoms with Crippen LogP contribution in [0, 0.1) is 11.6 Å². The smallest absolute Gasteiger partial charge is 0.278 e. The van der Waals surface area contributed by atoms with Gasteiger partial charge in [-0.2, -0.15) is 0 Å². The summed E-state index contributed by atoms with van der Waals surface area (Å²) in [4.78, 5) is 11.3. The van der Waals surface area contributed by atoms with Gasteiger partial charge in [-0.3, -0.25) is 4.79 Å². The molecule has 0 radical (unpaired) electrons. The number of carbonyl (C=O) groups excluding carboxylic acids is 1. The zero-order chi connectivity index (χ0) is 14.3. The van der Waals surface area contributed by atoms with E-state index in [0.29, 0.717) is 0 Å². The number of benzene rings is 1. The van der Waals surface area contributed by atoms with E-state index in [1.54, 1.807) is 5.32 Å². The Hall–Kier alpha value is -1.66. The lowest BCUT2D eigenvalue weighted by Gasteiger charge is -2.42. The van der Waals surface area contributed by atoms with E-state index in [2.05, 4.69) is 0 Å². The average molecular weight is 279 g/mol. The van der Waals surface area contributed by atoms with Crippen LogP contribution in [0.15, 0.2) is 18.2 Å². The van der Waals surface area contributed by atoms with E-state index < -0.39 is 54.1 Å². The molecule has 1 amide bonds. The van der Waals surface area contributed by atoms with Crippen LogP contribution in [0.3, 0.4) is 0 Å². The average Bonchev–Trinajstić information content (AvgIpc) is 2.36. The molecule has 0 saturated carbocycles. The van der Waals surface area contributed by atoms with Crippen molar-refractivity contribution in [2.24, 2.45) is 0 Å². The van der Waals surface area contributed by atoms with Gasteiger partial charge >= 0.3 is 0 Å². The number of amides is 1. The van der Waals surface area contributed by atoms with E-state index in [0.717, 1.165) is 18.2 Å². The van der Waals surface area contributed by atoms with Crippen molar-refractivity contribution in [3.8, 4) is 0 Å². The SMILES string of the molecule is O=C1CCC(F)(F)C(CF)(c2cccc(F)c2F)N1. The van der Waals surface area contributed by atoms with Gasteiger partial charge < -0.3 is 5.32 Å². The molecular formula is C12H10F5NO. The van der Waals surface area contributed by atoms with E-state index in [9.17, 15) is 26.7 Å². The number of piperidine rings is 1. The molecule has 104 valence electrons. The summed E-state index contributed by atoms with van der Waals surface area (Å²) in [5, 5.41) is 1.78. The Morgan fingerprint density at radius 1 is 1.26 bits per heavy atom. The first-order chi connectivity index (χ1) is 8.84. The quantitative estimate of drug-likeness (QED) is 0.829. The fourth-order valence-corrected chi connectivity index (χ4v) is 2.18. The summed E-state index contributed by atoms with van der Waals surface area (Å²) in [6.07, 6.45) is -1.41. The molecule has 1 fully saturated rings. The van der Waals surface area contributed by atoms with E-state index in [1.165, 1.54) is 0 Å². The van der Waals surface area contributed by atoms with Gasteiger partial charge in [0.25, 0.3) is 5.92 Å². The molecule has 0 spiro atoms. The lowest BCUT2D eigenvalue weighted by Crippen LogP contribution is -2.63. The molecule has 1 heterocycles. The highest BCUT2D eigenvalue weighted by atomic mass is 19.3. The number of hydrogen-bond acceptors (Lipinski definition) is 1. The molecule has 0 aromatic heterocycles. The third kappa shape index (κ3) is 1.97. The van der Waals surface area contributed by atoms with Crippen LogP contribution in [0.4, 0.5) is 22.0 Å². The van der Waals surface area contributed by atoms with Gasteiger partial charge in [-0.05, 0) is 6.07 Å². The van der Waals surface area contributed by atoms with Gasteiger partial charge in [-0.25, -0.2) is 22.0 Å². The van der Waals surface area contributed by atoms with E-state index in [-0.39, 0.29) is 0 Å². The molecule has 2 rings (SSSR count). The Morgan fingerprint density at radius 2 is 1.95 bits per heavy atom. The Labute approximate surface area is 105 Å². The molecule has 1 aliphatic heterocycles. The maximum atomic E-state index is 14.0. The van der Waals surface area contributed by atoms with Crippen molar-refractivity contribution in [1.29, 1.82) is 0 Å². The lowest BCUT2D eigenvalue weighted by atomic mass is 9.79. The first-order valence-corrected chi connectivity index (χ1v) is 5.53. The second-order valence-electron chi connectivity index (χ2n) is 4.39. The molecule has 1 aromatic carbocycles. The second kappa shape index (κ2) is 4.47. The van der Waals surface area contributed by atoms with Crippen molar-refractivity contribution >= 4 is 5.91 Å². The monoisotopic (exact) mass is 279 g/mol. The van der Waals surface area contributed by atoms with Crippen molar-refractivity contribution in [3.05, 3.63) is 35.4 Å². The molecule has 1 aromatic rings. The summed E-state index contributed by atoms with van der Waals surface area (Å²) in [7, 11) is 0. The first kappa shape index (κ1) is 13.8. The normalized spacial score (nSPS) is 26.1. The van der Waals surface area contributed by atoms with Crippen LogP contribution in [0.25, 0.3) is 0 Å². The summed E-state index contributed by atoms with van der Waals surface area (Å²) in [5.41, 5.74) is -3.73. The molecule has 0 bridgehead atoms. The summed E-state index contributed by atoms with van der Waals surface area (Å²) in [6, 6.07) is 2.56. The van der Waals surface area contributed by atoms with Gasteiger partial charge in [-0.15, -0.1) is 0 Å². The van der Waals surface area contributed by atoms with Crippen LogP contribution >= 0.6 is 0 Å². The molecule has 1 unspecified atom stereocenters. The van der Waals surface area contributed by atoms with E-state index >= 15 is 0 Å². The van der Waals surface area contributed by atoms with Gasteiger partial charge in [0, 0.05) is 18.4 Å². The highest BCUT2D eigenvalue weighted by Crippen LogP contribution is 2.45. The number of rotatable bonds is 2. The Balaban J connectivity index is 2.63. The van der Waals surface area contributed by atoms with Crippen molar-refractivity contribution in [3.63, 3.8) is 0 Å². The highest BCUT2D eigenvalue weighted by Gasteiger charge is 2.59. The molecular weight excluding hydrogens is 269 g/mol. The van der Waals surface area contributed by atoms with Crippen LogP contribution in [-0.2, 0) is 10.3 Å². The lowest BCUT2D eigenvalue weighted by molar-refractivity contribution is -0.156. The number of hydrogen-bond donors (Lipinski definition) is 1. The number of carbonyl (C=O) groups is 1. The van der Waals surface area contributed by atoms with Crippen molar-refractivity contribution < 1.29 is 26.7 Å². The summed E-state index contributed by atoms with van der Waals surface area (Å²) >= 11 is 0. The van der Waals surface area contributed by atoms with Gasteiger partial charge in [0.1, 0.15) is 6.67 Å². The van der Waals surface area contributed by atoms with Crippen molar-refractivity contribution in [2.75, 3.05) is 6.67 Å². The standard InChI is InChI=1S/C12H10F5NO/c13-6-11(7-2-1-3-8(14)10(7)15)12(16,17)5-4-9(19)18-11/h1-3H,4-6H2,(H,18,19). The molecule has 1 N–H and O–H groups in total. The Morgan fingerprint density at radius 3 is 2.58 bits per heavy atom. The van der Waals surface area contributed by atoms with Crippen LogP contribution < -0.4 is 5.32 Å². The van der Waals surface area contributed by atoms with Crippen LogP contribution in [0.1, 0.15) is 18.4 Å². The van der Waals surface area contributed by atoms with E-state index in [1.807, 2.05) is 0 Å². The maximum absolute atomic E-state index is 14.0. The molecule has 19 heavy (non-hydrogen) atoms. The van der Waals surface area contributed by atoms with Gasteiger partial charge in [-0.1, -0.05) is 12.1 Å². The zero-order valence-corrected chi connectivity index (χ0v) is 9.65. The second-order valence-corrected chi connectivity index (χ2v) is 4.39. The van der Waals surface area contributed by atoms with Gasteiger partial charge in [0.15, 0.2) is 17.2 Å². The summed E-state index contributed by atoms with van der Waals surface area (Å²) in [5.74, 6) is -7.49. The third-order valence-corrected chi connectivity index (χ3v) is 3.26. The van der Waals surface area contributed by atoms with Gasteiger partial charge in [0.05, 0.1) is 0 Å². The number of halogens is 5. The molecule has 1 saturated heterocycles. The fourth-order valence-electron chi connectivity index (χ4n) is 2.18.